The number of amides is 1. The number of carbonyl (C=O) groups is 1. The Kier molecular flexibility index (Phi) is 4.24. The standard InChI is InChI=1S/C17H23FN2O/c18-15-6-2-1-5-14(15)12-20-17(9-3-4-10-17)16(21)19-11-13-7-8-13/h1-2,5-6,13,20H,3-4,7-12H2,(H,19,21). The van der Waals surface area contributed by atoms with E-state index in [2.05, 4.69) is 10.6 Å². The lowest BCUT2D eigenvalue weighted by molar-refractivity contribution is -0.127. The lowest BCUT2D eigenvalue weighted by atomic mass is 9.95. The van der Waals surface area contributed by atoms with Crippen LogP contribution in [0.4, 0.5) is 4.39 Å². The Hall–Kier alpha value is -1.42. The average Bonchev–Trinajstić information content (AvgIpc) is 3.20. The Labute approximate surface area is 125 Å². The van der Waals surface area contributed by atoms with E-state index in [1.165, 1.54) is 18.9 Å². The third-order valence-corrected chi connectivity index (χ3v) is 4.72. The van der Waals surface area contributed by atoms with Crippen LogP contribution in [0.2, 0.25) is 0 Å². The van der Waals surface area contributed by atoms with E-state index >= 15 is 0 Å². The van der Waals surface area contributed by atoms with Crippen LogP contribution >= 0.6 is 0 Å². The fraction of sp³-hybridized carbons (Fsp3) is 0.588. The predicted molar refractivity (Wildman–Crippen MR) is 80.2 cm³/mol. The topological polar surface area (TPSA) is 41.1 Å². The zero-order valence-electron chi connectivity index (χ0n) is 12.3. The summed E-state index contributed by atoms with van der Waals surface area (Å²) < 4.78 is 13.7. The van der Waals surface area contributed by atoms with Gasteiger partial charge in [0.05, 0.1) is 5.54 Å². The highest BCUT2D eigenvalue weighted by atomic mass is 19.1. The molecule has 1 aromatic rings. The van der Waals surface area contributed by atoms with Gasteiger partial charge in [-0.25, -0.2) is 4.39 Å². The van der Waals surface area contributed by atoms with Crippen LogP contribution in [-0.2, 0) is 11.3 Å². The molecule has 1 aromatic carbocycles. The van der Waals surface area contributed by atoms with Crippen molar-refractivity contribution in [3.63, 3.8) is 0 Å². The maximum Gasteiger partial charge on any atom is 0.240 e. The summed E-state index contributed by atoms with van der Waals surface area (Å²) in [6, 6.07) is 6.75. The minimum Gasteiger partial charge on any atom is -0.354 e. The Morgan fingerprint density at radius 2 is 1.95 bits per heavy atom. The van der Waals surface area contributed by atoms with Crippen molar-refractivity contribution in [1.29, 1.82) is 0 Å². The molecule has 3 nitrogen and oxygen atoms in total. The van der Waals surface area contributed by atoms with Crippen LogP contribution in [0.5, 0.6) is 0 Å². The van der Waals surface area contributed by atoms with Crippen LogP contribution in [0.15, 0.2) is 24.3 Å². The van der Waals surface area contributed by atoms with Crippen LogP contribution in [0.3, 0.4) is 0 Å². The van der Waals surface area contributed by atoms with E-state index in [1.54, 1.807) is 12.1 Å². The molecular weight excluding hydrogens is 267 g/mol. The van der Waals surface area contributed by atoms with Gasteiger partial charge < -0.3 is 5.32 Å². The maximum atomic E-state index is 13.7. The summed E-state index contributed by atoms with van der Waals surface area (Å²) in [4.78, 5) is 12.5. The molecule has 0 aliphatic heterocycles. The van der Waals surface area contributed by atoms with Gasteiger partial charge in [0, 0.05) is 18.7 Å². The normalized spacial score (nSPS) is 20.4. The molecule has 3 rings (SSSR count). The average molecular weight is 290 g/mol. The van der Waals surface area contributed by atoms with Crippen molar-refractivity contribution < 1.29 is 9.18 Å². The van der Waals surface area contributed by atoms with E-state index < -0.39 is 5.54 Å². The van der Waals surface area contributed by atoms with Gasteiger partial charge >= 0.3 is 0 Å². The number of nitrogens with one attached hydrogen (secondary N) is 2. The summed E-state index contributed by atoms with van der Waals surface area (Å²) in [5.41, 5.74) is 0.121. The predicted octanol–water partition coefficient (Wildman–Crippen LogP) is 2.75. The molecular formula is C17H23FN2O. The second-order valence-corrected chi connectivity index (χ2v) is 6.39. The molecule has 2 N–H and O–H groups in total. The molecule has 0 saturated heterocycles. The van der Waals surface area contributed by atoms with Crippen molar-refractivity contribution in [1.82, 2.24) is 10.6 Å². The van der Waals surface area contributed by atoms with Gasteiger partial charge in [-0.15, -0.1) is 0 Å². The molecule has 4 heteroatoms. The Balaban J connectivity index is 1.63. The second-order valence-electron chi connectivity index (χ2n) is 6.39. The van der Waals surface area contributed by atoms with Crippen LogP contribution < -0.4 is 10.6 Å². The largest absolute Gasteiger partial charge is 0.354 e. The molecule has 2 aliphatic carbocycles. The van der Waals surface area contributed by atoms with E-state index in [4.69, 9.17) is 0 Å². The molecule has 0 heterocycles. The molecule has 2 saturated carbocycles. The Morgan fingerprint density at radius 1 is 1.24 bits per heavy atom. The van der Waals surface area contributed by atoms with Crippen molar-refractivity contribution >= 4 is 5.91 Å². The van der Waals surface area contributed by atoms with Crippen molar-refractivity contribution in [2.75, 3.05) is 6.54 Å². The number of benzene rings is 1. The van der Waals surface area contributed by atoms with Crippen molar-refractivity contribution in [2.24, 2.45) is 5.92 Å². The molecule has 114 valence electrons. The van der Waals surface area contributed by atoms with Gasteiger partial charge in [0.2, 0.25) is 5.91 Å². The minimum absolute atomic E-state index is 0.100. The number of hydrogen-bond donors (Lipinski definition) is 2. The van der Waals surface area contributed by atoms with E-state index in [-0.39, 0.29) is 11.7 Å². The molecule has 2 fully saturated rings. The number of rotatable bonds is 6. The quantitative estimate of drug-likeness (QED) is 0.846. The molecule has 0 atom stereocenters. The molecule has 21 heavy (non-hydrogen) atoms. The third kappa shape index (κ3) is 3.43. The molecule has 0 unspecified atom stereocenters. The van der Waals surface area contributed by atoms with Crippen LogP contribution in [0, 0.1) is 11.7 Å². The highest BCUT2D eigenvalue weighted by Gasteiger charge is 2.41. The molecule has 1 amide bonds. The van der Waals surface area contributed by atoms with Crippen LogP contribution in [0.1, 0.15) is 44.1 Å². The first kappa shape index (κ1) is 14.5. The van der Waals surface area contributed by atoms with Crippen molar-refractivity contribution in [3.05, 3.63) is 35.6 Å². The number of carbonyl (C=O) groups excluding carboxylic acids is 1. The lowest BCUT2D eigenvalue weighted by Gasteiger charge is -2.29. The first-order valence-corrected chi connectivity index (χ1v) is 7.96. The maximum absolute atomic E-state index is 13.7. The SMILES string of the molecule is O=C(NCC1CC1)C1(NCc2ccccc2F)CCCC1. The van der Waals surface area contributed by atoms with E-state index in [0.29, 0.717) is 18.0 Å². The van der Waals surface area contributed by atoms with Gasteiger partial charge in [-0.2, -0.15) is 0 Å². The molecule has 0 aromatic heterocycles. The fourth-order valence-electron chi connectivity index (χ4n) is 3.10. The van der Waals surface area contributed by atoms with Gasteiger partial charge in [0.15, 0.2) is 0 Å². The van der Waals surface area contributed by atoms with Gasteiger partial charge in [0.1, 0.15) is 5.82 Å². The summed E-state index contributed by atoms with van der Waals surface area (Å²) in [7, 11) is 0. The molecule has 0 radical (unpaired) electrons. The van der Waals surface area contributed by atoms with E-state index in [1.807, 2.05) is 6.07 Å². The summed E-state index contributed by atoms with van der Waals surface area (Å²) >= 11 is 0. The summed E-state index contributed by atoms with van der Waals surface area (Å²) in [6.07, 6.45) is 6.27. The van der Waals surface area contributed by atoms with E-state index in [9.17, 15) is 9.18 Å². The highest BCUT2D eigenvalue weighted by Crippen LogP contribution is 2.32. The zero-order chi connectivity index (χ0) is 14.7. The Morgan fingerprint density at radius 3 is 2.62 bits per heavy atom. The Bertz CT molecular complexity index is 507. The van der Waals surface area contributed by atoms with Gasteiger partial charge in [-0.3, -0.25) is 10.1 Å². The highest BCUT2D eigenvalue weighted by molar-refractivity contribution is 5.86. The van der Waals surface area contributed by atoms with Gasteiger partial charge in [0.25, 0.3) is 0 Å². The van der Waals surface area contributed by atoms with Crippen LogP contribution in [0.25, 0.3) is 0 Å². The smallest absolute Gasteiger partial charge is 0.240 e. The minimum atomic E-state index is -0.503. The molecule has 0 bridgehead atoms. The van der Waals surface area contributed by atoms with E-state index in [0.717, 1.165) is 32.2 Å². The summed E-state index contributed by atoms with van der Waals surface area (Å²) in [5.74, 6) is 0.568. The summed E-state index contributed by atoms with van der Waals surface area (Å²) in [5, 5.41) is 6.43. The lowest BCUT2D eigenvalue weighted by Crippen LogP contribution is -2.55. The number of halogens is 1. The molecule has 0 spiro atoms. The third-order valence-electron chi connectivity index (χ3n) is 4.72. The zero-order valence-corrected chi connectivity index (χ0v) is 12.3. The van der Waals surface area contributed by atoms with Crippen molar-refractivity contribution in [3.8, 4) is 0 Å². The first-order valence-electron chi connectivity index (χ1n) is 7.96. The monoisotopic (exact) mass is 290 g/mol. The second kappa shape index (κ2) is 6.14. The van der Waals surface area contributed by atoms with Gasteiger partial charge in [-0.1, -0.05) is 31.0 Å². The fourth-order valence-corrected chi connectivity index (χ4v) is 3.10. The first-order chi connectivity index (χ1) is 10.2. The van der Waals surface area contributed by atoms with Crippen LogP contribution in [-0.4, -0.2) is 18.0 Å². The van der Waals surface area contributed by atoms with Gasteiger partial charge in [-0.05, 0) is 37.7 Å². The summed E-state index contributed by atoms with van der Waals surface area (Å²) in [6.45, 7) is 1.20. The van der Waals surface area contributed by atoms with Crippen molar-refractivity contribution in [2.45, 2.75) is 50.6 Å². The number of hydrogen-bond acceptors (Lipinski definition) is 2. The molecule has 2 aliphatic rings.